The fourth-order valence-electron chi connectivity index (χ4n) is 2.58. The molecule has 0 radical (unpaired) electrons. The molecule has 0 saturated carbocycles. The predicted molar refractivity (Wildman–Crippen MR) is 103 cm³/mol. The maximum Gasteiger partial charge on any atom is 0.157 e. The van der Waals surface area contributed by atoms with Crippen molar-refractivity contribution in [2.75, 3.05) is 13.3 Å². The molecule has 122 valence electrons. The topological polar surface area (TPSA) is 47.0 Å². The molecule has 3 aromatic rings. The van der Waals surface area contributed by atoms with Crippen molar-refractivity contribution in [3.05, 3.63) is 78.9 Å². The van der Waals surface area contributed by atoms with Crippen molar-refractivity contribution in [2.24, 2.45) is 0 Å². The Morgan fingerprint density at radius 1 is 0.583 bits per heavy atom. The van der Waals surface area contributed by atoms with Gasteiger partial charge in [-0.05, 0) is 25.5 Å². The van der Waals surface area contributed by atoms with Crippen molar-refractivity contribution in [1.82, 2.24) is 4.98 Å². The van der Waals surface area contributed by atoms with E-state index in [4.69, 9.17) is 0 Å². The minimum Gasteiger partial charge on any atom is -0.312 e. The first kappa shape index (κ1) is 16.9. The Labute approximate surface area is 142 Å². The van der Waals surface area contributed by atoms with E-state index in [2.05, 4.69) is 4.98 Å². The smallest absolute Gasteiger partial charge is 0.157 e. The van der Waals surface area contributed by atoms with Crippen LogP contribution in [0.2, 0.25) is 0 Å². The zero-order valence-corrected chi connectivity index (χ0v) is 15.5. The maximum atomic E-state index is 13.3. The summed E-state index contributed by atoms with van der Waals surface area (Å²) < 4.78 is 26.6. The number of rotatable bonds is 4. The largest absolute Gasteiger partial charge is 0.312 e. The normalized spacial score (nSPS) is 16.1. The molecule has 3 nitrogen and oxygen atoms in total. The van der Waals surface area contributed by atoms with Crippen LogP contribution in [0.5, 0.6) is 0 Å². The summed E-state index contributed by atoms with van der Waals surface area (Å²) in [4.78, 5) is 4.54. The highest BCUT2D eigenvalue weighted by Crippen LogP contribution is 2.40. The van der Waals surface area contributed by atoms with Gasteiger partial charge in [-0.25, -0.2) is 4.98 Å². The first-order valence-electron chi connectivity index (χ1n) is 7.67. The first-order valence-corrected chi connectivity index (χ1v) is 12.0. The van der Waals surface area contributed by atoms with Crippen LogP contribution in [0.1, 0.15) is 0 Å². The summed E-state index contributed by atoms with van der Waals surface area (Å²) in [6.07, 6.45) is 0. The van der Waals surface area contributed by atoms with Crippen LogP contribution in [-0.2, 0) is 9.13 Å². The zero-order valence-electron chi connectivity index (χ0n) is 13.7. The lowest BCUT2D eigenvalue weighted by atomic mass is 10.4. The van der Waals surface area contributed by atoms with Gasteiger partial charge in [0, 0.05) is 10.6 Å². The minimum atomic E-state index is -2.82. The van der Waals surface area contributed by atoms with Gasteiger partial charge >= 0.3 is 0 Å². The molecule has 0 saturated heterocycles. The fourth-order valence-corrected chi connectivity index (χ4v) is 6.01. The molecule has 2 unspecified atom stereocenters. The number of nitrogens with zero attached hydrogens (tertiary/aromatic N) is 1. The van der Waals surface area contributed by atoms with Gasteiger partial charge in [-0.3, -0.25) is 0 Å². The van der Waals surface area contributed by atoms with Gasteiger partial charge in [-0.1, -0.05) is 66.7 Å². The molecule has 2 aromatic carbocycles. The van der Waals surface area contributed by atoms with Crippen LogP contribution in [-0.4, -0.2) is 18.3 Å². The minimum absolute atomic E-state index is 0.490. The van der Waals surface area contributed by atoms with Gasteiger partial charge in [-0.15, -0.1) is 0 Å². The lowest BCUT2D eigenvalue weighted by Crippen LogP contribution is -2.26. The van der Waals surface area contributed by atoms with Crippen molar-refractivity contribution < 1.29 is 9.13 Å². The Hall–Kier alpha value is -1.95. The van der Waals surface area contributed by atoms with Gasteiger partial charge in [0.1, 0.15) is 10.9 Å². The molecule has 1 heterocycles. The Balaban J connectivity index is 2.08. The van der Waals surface area contributed by atoms with E-state index in [1.54, 1.807) is 31.5 Å². The quantitative estimate of drug-likeness (QED) is 0.676. The standard InChI is InChI=1S/C19H19NO2P2/c1-23(21,16-10-5-3-6-11-16)18-14-9-15-19(20-18)24(2,22)17-12-7-4-8-13-17/h3-15H,1-2H3. The van der Waals surface area contributed by atoms with Crippen LogP contribution >= 0.6 is 14.3 Å². The molecule has 0 aliphatic heterocycles. The first-order chi connectivity index (χ1) is 11.4. The van der Waals surface area contributed by atoms with Crippen LogP contribution in [0.4, 0.5) is 0 Å². The molecule has 0 N–H and O–H groups in total. The van der Waals surface area contributed by atoms with Gasteiger partial charge in [0.05, 0.1) is 0 Å². The van der Waals surface area contributed by atoms with E-state index in [0.717, 1.165) is 10.6 Å². The molecule has 0 amide bonds. The van der Waals surface area contributed by atoms with E-state index < -0.39 is 14.3 Å². The molecule has 0 aliphatic rings. The summed E-state index contributed by atoms with van der Waals surface area (Å²) in [5, 5.41) is 1.50. The molecular formula is C19H19NO2P2. The van der Waals surface area contributed by atoms with Crippen LogP contribution in [0.15, 0.2) is 78.9 Å². The van der Waals surface area contributed by atoms with E-state index in [0.29, 0.717) is 10.9 Å². The van der Waals surface area contributed by atoms with E-state index >= 15 is 0 Å². The lowest BCUT2D eigenvalue weighted by molar-refractivity contribution is 0.590. The van der Waals surface area contributed by atoms with Crippen molar-refractivity contribution in [3.63, 3.8) is 0 Å². The summed E-state index contributed by atoms with van der Waals surface area (Å²) in [6.45, 7) is 3.41. The maximum absolute atomic E-state index is 13.3. The Morgan fingerprint density at radius 2 is 0.958 bits per heavy atom. The van der Waals surface area contributed by atoms with Gasteiger partial charge in [0.25, 0.3) is 0 Å². The molecule has 0 fully saturated rings. The van der Waals surface area contributed by atoms with Gasteiger partial charge in [0.15, 0.2) is 14.3 Å². The Bertz CT molecular complexity index is 865. The second-order valence-electron chi connectivity index (χ2n) is 5.87. The van der Waals surface area contributed by atoms with E-state index in [-0.39, 0.29) is 0 Å². The summed E-state index contributed by atoms with van der Waals surface area (Å²) in [7, 11) is -5.64. The summed E-state index contributed by atoms with van der Waals surface area (Å²) >= 11 is 0. The number of pyridine rings is 1. The third-order valence-electron chi connectivity index (χ3n) is 4.09. The zero-order chi connectivity index (χ0) is 17.2. The Kier molecular flexibility index (Phi) is 4.58. The molecule has 0 aliphatic carbocycles. The van der Waals surface area contributed by atoms with E-state index in [1.807, 2.05) is 60.7 Å². The molecule has 3 rings (SSSR count). The third kappa shape index (κ3) is 3.15. The van der Waals surface area contributed by atoms with Gasteiger partial charge in [-0.2, -0.15) is 0 Å². The molecular weight excluding hydrogens is 336 g/mol. The van der Waals surface area contributed by atoms with Crippen LogP contribution in [0.25, 0.3) is 0 Å². The molecule has 1 aromatic heterocycles. The number of aromatic nitrogens is 1. The predicted octanol–water partition coefficient (Wildman–Crippen LogP) is 2.97. The van der Waals surface area contributed by atoms with Crippen molar-refractivity contribution in [1.29, 1.82) is 0 Å². The average Bonchev–Trinajstić information content (AvgIpc) is 2.63. The number of benzene rings is 2. The molecule has 2 atom stereocenters. The van der Waals surface area contributed by atoms with E-state index in [1.165, 1.54) is 0 Å². The Morgan fingerprint density at radius 3 is 1.33 bits per heavy atom. The second-order valence-corrected chi connectivity index (χ2v) is 11.5. The van der Waals surface area contributed by atoms with Gasteiger partial charge < -0.3 is 9.13 Å². The average molecular weight is 355 g/mol. The molecule has 5 heteroatoms. The SMILES string of the molecule is CP(=O)(c1ccccc1)c1cccc(P(C)(=O)c2ccccc2)n1. The lowest BCUT2D eigenvalue weighted by Gasteiger charge is -2.17. The highest BCUT2D eigenvalue weighted by molar-refractivity contribution is 7.79. The van der Waals surface area contributed by atoms with Crippen LogP contribution < -0.4 is 21.5 Å². The molecule has 0 spiro atoms. The highest BCUT2D eigenvalue weighted by atomic mass is 31.2. The van der Waals surface area contributed by atoms with Crippen molar-refractivity contribution >= 4 is 35.8 Å². The van der Waals surface area contributed by atoms with E-state index in [9.17, 15) is 9.13 Å². The second kappa shape index (κ2) is 6.51. The number of hydrogen-bond donors (Lipinski definition) is 0. The molecule has 0 bridgehead atoms. The molecule has 24 heavy (non-hydrogen) atoms. The van der Waals surface area contributed by atoms with Crippen molar-refractivity contribution in [2.45, 2.75) is 0 Å². The van der Waals surface area contributed by atoms with Crippen LogP contribution in [0, 0.1) is 0 Å². The summed E-state index contributed by atoms with van der Waals surface area (Å²) in [6, 6.07) is 23.9. The third-order valence-corrected chi connectivity index (χ3v) is 8.91. The van der Waals surface area contributed by atoms with Crippen LogP contribution in [0.3, 0.4) is 0 Å². The summed E-state index contributed by atoms with van der Waals surface area (Å²) in [5.74, 6) is 0. The van der Waals surface area contributed by atoms with Gasteiger partial charge in [0.2, 0.25) is 0 Å². The monoisotopic (exact) mass is 355 g/mol. The highest BCUT2D eigenvalue weighted by Gasteiger charge is 2.27. The number of hydrogen-bond acceptors (Lipinski definition) is 3. The van der Waals surface area contributed by atoms with Crippen molar-refractivity contribution in [3.8, 4) is 0 Å². The summed E-state index contributed by atoms with van der Waals surface area (Å²) in [5.41, 5.74) is 0.980. The fraction of sp³-hybridized carbons (Fsp3) is 0.105.